The number of nitrogens with one attached hydrogen (secondary N) is 2. The molecule has 7 rings (SSSR count). The number of benzene rings is 4. The van der Waals surface area contributed by atoms with Gasteiger partial charge < -0.3 is 15.8 Å². The van der Waals surface area contributed by atoms with Gasteiger partial charge in [0, 0.05) is 51.7 Å². The quantitative estimate of drug-likeness (QED) is 0.0611. The average Bonchev–Trinajstić information content (AvgIpc) is 4.02. The number of urea groups is 1. The van der Waals surface area contributed by atoms with Gasteiger partial charge in [0.1, 0.15) is 11.6 Å². The van der Waals surface area contributed by atoms with Crippen molar-refractivity contribution < 1.29 is 19.1 Å². The van der Waals surface area contributed by atoms with E-state index in [-0.39, 0.29) is 22.3 Å². The van der Waals surface area contributed by atoms with Gasteiger partial charge >= 0.3 is 15.4 Å². The van der Waals surface area contributed by atoms with E-state index in [2.05, 4.69) is 137 Å². The van der Waals surface area contributed by atoms with E-state index in [0.29, 0.717) is 23.4 Å². The Morgan fingerprint density at radius 2 is 1.00 bits per heavy atom. The van der Waals surface area contributed by atoms with Crippen LogP contribution < -0.4 is 16.4 Å². The monoisotopic (exact) mass is 1070 g/mol. The van der Waals surface area contributed by atoms with Crippen LogP contribution in [0.1, 0.15) is 121 Å². The highest BCUT2D eigenvalue weighted by Gasteiger charge is 2.25. The summed E-state index contributed by atoms with van der Waals surface area (Å²) >= 11 is 19.4. The molecule has 0 unspecified atom stereocenters. The molecule has 0 atom stereocenters. The number of nitrogen functional groups attached to an aromatic ring is 1. The molecule has 7 aromatic rings. The number of anilines is 3. The van der Waals surface area contributed by atoms with Gasteiger partial charge in [0.25, 0.3) is 0 Å². The Kier molecular flexibility index (Phi) is 20.3. The van der Waals surface area contributed by atoms with E-state index in [4.69, 9.17) is 45.6 Å². The van der Waals surface area contributed by atoms with Crippen molar-refractivity contribution in [3.63, 3.8) is 0 Å². The number of carbonyl (C=O) groups excluding carboxylic acids is 3. The highest BCUT2D eigenvalue weighted by molar-refractivity contribution is 6.69. The van der Waals surface area contributed by atoms with Crippen LogP contribution >= 0.6 is 46.4 Å². The lowest BCUT2D eigenvalue weighted by Gasteiger charge is -2.14. The second kappa shape index (κ2) is 25.0. The number of aryl methyl sites for hydroxylation is 3. The van der Waals surface area contributed by atoms with E-state index >= 15 is 0 Å². The van der Waals surface area contributed by atoms with E-state index in [9.17, 15) is 14.4 Å². The number of ether oxygens (including phenoxy) is 1. The molecule has 3 heterocycles. The molecule has 0 saturated heterocycles. The maximum Gasteiger partial charge on any atom is 0.407 e. The van der Waals surface area contributed by atoms with Crippen molar-refractivity contribution in [1.29, 1.82) is 0 Å². The number of nitrogens with zero attached hydrogens (tertiary/aromatic N) is 7. The lowest BCUT2D eigenvalue weighted by molar-refractivity contribution is 0.172. The Labute approximate surface area is 449 Å². The number of nitrogens with two attached hydrogens (primary N) is 1. The van der Waals surface area contributed by atoms with Gasteiger partial charge in [0.05, 0.1) is 34.1 Å². The highest BCUT2D eigenvalue weighted by Crippen LogP contribution is 2.30. The number of rotatable bonds is 7. The number of hydrogen-bond acceptors (Lipinski definition) is 9. The van der Waals surface area contributed by atoms with Crippen LogP contribution in [0.2, 0.25) is 0 Å². The first-order valence-electron chi connectivity index (χ1n) is 23.3. The van der Waals surface area contributed by atoms with Gasteiger partial charge in [-0.15, -0.1) is 4.99 Å². The zero-order valence-electron chi connectivity index (χ0n) is 43.9. The van der Waals surface area contributed by atoms with Gasteiger partial charge in [-0.25, -0.2) is 28.4 Å². The highest BCUT2D eigenvalue weighted by atomic mass is 35.6. The number of halogens is 4. The summed E-state index contributed by atoms with van der Waals surface area (Å²) in [5.74, 6) is 2.27. The van der Waals surface area contributed by atoms with E-state index in [1.165, 1.54) is 22.3 Å². The molecule has 388 valence electrons. The smallest absolute Gasteiger partial charge is 0.402 e. The van der Waals surface area contributed by atoms with Gasteiger partial charge in [0.2, 0.25) is 6.08 Å². The van der Waals surface area contributed by atoms with E-state index in [0.717, 1.165) is 39.8 Å². The summed E-state index contributed by atoms with van der Waals surface area (Å²) in [4.78, 5) is 36.7. The summed E-state index contributed by atoms with van der Waals surface area (Å²) in [5, 5.41) is 19.7. The third kappa shape index (κ3) is 18.5. The Morgan fingerprint density at radius 1 is 0.603 bits per heavy atom. The van der Waals surface area contributed by atoms with Crippen LogP contribution in [0.3, 0.4) is 0 Å². The topological polar surface area (TPSA) is 176 Å². The SMILES string of the molecule is Cc1ccc(-n2nc(C(C)(C)C)cc2N)cc1.Cc1ccc(-n2nc(C(C)(C)C)cc2N=C=O)cc1.Cc1ccc(-n2nc(C(C)(C)C)cc2NC(=O)Nc2ccc(C(C)C)cc2)cc1.O=C(Cl)OC(Cl)(Cl)Cl. The Hall–Kier alpha value is -6.41. The van der Waals surface area contributed by atoms with E-state index in [1.54, 1.807) is 20.1 Å². The number of aromatic nitrogens is 6. The molecule has 73 heavy (non-hydrogen) atoms. The van der Waals surface area contributed by atoms with Crippen molar-refractivity contribution in [2.24, 2.45) is 4.99 Å². The van der Waals surface area contributed by atoms with Crippen molar-refractivity contribution >= 4 is 87.1 Å². The number of isocyanates is 1. The molecule has 0 bridgehead atoms. The summed E-state index contributed by atoms with van der Waals surface area (Å²) in [6.07, 6.45) is 1.58. The molecule has 0 radical (unpaired) electrons. The van der Waals surface area contributed by atoms with Gasteiger partial charge in [0.15, 0.2) is 5.82 Å². The minimum atomic E-state index is -2.04. The fraction of sp³-hybridized carbons (Fsp3) is 0.345. The molecule has 3 aromatic heterocycles. The van der Waals surface area contributed by atoms with E-state index < -0.39 is 9.41 Å². The first-order chi connectivity index (χ1) is 33.8. The normalized spacial score (nSPS) is 11.4. The van der Waals surface area contributed by atoms with Crippen LogP contribution in [-0.4, -0.2) is 50.9 Å². The molecule has 0 aliphatic heterocycles. The lowest BCUT2D eigenvalue weighted by atomic mass is 9.92. The van der Waals surface area contributed by atoms with Crippen molar-refractivity contribution in [3.8, 4) is 17.1 Å². The zero-order chi connectivity index (χ0) is 54.6. The molecule has 14 nitrogen and oxygen atoms in total. The van der Waals surface area contributed by atoms with Crippen molar-refractivity contribution in [2.45, 2.75) is 123 Å². The lowest BCUT2D eigenvalue weighted by Crippen LogP contribution is -2.21. The summed E-state index contributed by atoms with van der Waals surface area (Å²) in [6.45, 7) is 29.4. The van der Waals surface area contributed by atoms with Gasteiger partial charge in [-0.3, -0.25) is 5.32 Å². The number of aliphatic imine (C=N–C) groups is 1. The fourth-order valence-corrected chi connectivity index (χ4v) is 6.88. The van der Waals surface area contributed by atoms with Crippen molar-refractivity contribution in [2.75, 3.05) is 16.4 Å². The summed E-state index contributed by atoms with van der Waals surface area (Å²) in [6, 6.07) is 37.5. The van der Waals surface area contributed by atoms with Crippen LogP contribution in [0.5, 0.6) is 0 Å². The molecule has 0 spiro atoms. The third-order valence-electron chi connectivity index (χ3n) is 10.7. The molecular formula is C55H66Cl4N10O4. The molecule has 0 fully saturated rings. The van der Waals surface area contributed by atoms with Crippen LogP contribution in [-0.2, 0) is 25.8 Å². The predicted octanol–water partition coefficient (Wildman–Crippen LogP) is 15.4. The summed E-state index contributed by atoms with van der Waals surface area (Å²) in [5.41, 5.74) is 15.8. The molecular weight excluding hydrogens is 1010 g/mol. The molecule has 4 N–H and O–H groups in total. The second-order valence-corrected chi connectivity index (χ2v) is 23.1. The fourth-order valence-electron chi connectivity index (χ4n) is 6.44. The standard InChI is InChI=1S/C24H30N4O.C15H17N3O.C14H19N3.C2Cl4O2/c1-16(2)18-9-11-19(12-10-18)25-23(29)26-22-15-21(24(4,5)6)27-28(22)20-13-7-17(3)8-14-20;1-11-5-7-12(8-6-11)18-14(16-10-19)9-13(17-18)15(2,3)4;1-10-5-7-11(8-6-10)17-13(15)9-12(16-17)14(2,3)4;3-1(7)8-2(4,5)6/h7-16H,1-6H3,(H2,25,26,29);5-9H,1-4H3;5-9H,15H2,1-4H3;. The average molecular weight is 1070 g/mol. The molecule has 18 heteroatoms. The Balaban J connectivity index is 0.000000229. The first-order valence-corrected chi connectivity index (χ1v) is 24.8. The summed E-state index contributed by atoms with van der Waals surface area (Å²) < 4.78 is 7.06. The van der Waals surface area contributed by atoms with Crippen molar-refractivity contribution in [1.82, 2.24) is 29.3 Å². The number of amides is 2. The van der Waals surface area contributed by atoms with Gasteiger partial charge in [-0.2, -0.15) is 15.3 Å². The predicted molar refractivity (Wildman–Crippen MR) is 299 cm³/mol. The van der Waals surface area contributed by atoms with Crippen molar-refractivity contribution in [3.05, 3.63) is 155 Å². The Bertz CT molecular complexity index is 2960. The molecule has 0 aliphatic rings. The van der Waals surface area contributed by atoms with Crippen LogP contribution in [0, 0.1) is 20.8 Å². The molecule has 4 aromatic carbocycles. The maximum atomic E-state index is 12.6. The summed E-state index contributed by atoms with van der Waals surface area (Å²) in [7, 11) is 0. The van der Waals surface area contributed by atoms with Gasteiger partial charge in [-0.1, -0.05) is 141 Å². The zero-order valence-corrected chi connectivity index (χ0v) is 46.9. The number of carbonyl (C=O) groups is 2. The van der Waals surface area contributed by atoms with E-state index in [1.807, 2.05) is 117 Å². The molecule has 0 saturated carbocycles. The minimum Gasteiger partial charge on any atom is -0.402 e. The first kappa shape index (κ1) is 59.2. The molecule has 0 aliphatic carbocycles. The third-order valence-corrected chi connectivity index (χ3v) is 11.0. The van der Waals surface area contributed by atoms with Crippen LogP contribution in [0.15, 0.2) is 120 Å². The van der Waals surface area contributed by atoms with Gasteiger partial charge in [-0.05, 0) is 116 Å². The second-order valence-electron chi connectivity index (χ2n) is 20.6. The molecule has 2 amide bonds. The Morgan fingerprint density at radius 3 is 1.38 bits per heavy atom. The largest absolute Gasteiger partial charge is 0.407 e. The maximum absolute atomic E-state index is 12.6. The number of alkyl halides is 3. The van der Waals surface area contributed by atoms with Crippen LogP contribution in [0.25, 0.3) is 17.1 Å². The minimum absolute atomic E-state index is 0.0179. The van der Waals surface area contributed by atoms with Crippen LogP contribution in [0.4, 0.5) is 32.7 Å². The number of hydrogen-bond donors (Lipinski definition) is 3.